The van der Waals surface area contributed by atoms with Gasteiger partial charge in [0.05, 0.1) is 11.5 Å². The molecule has 3 rings (SSSR count). The van der Waals surface area contributed by atoms with E-state index in [1.54, 1.807) is 18.2 Å². The number of carbonyl (C=O) groups excluding carboxylic acids is 2. The Labute approximate surface area is 163 Å². The third kappa shape index (κ3) is 4.38. The number of hydrogen-bond acceptors (Lipinski definition) is 2. The molecule has 2 aromatic carbocycles. The zero-order valence-corrected chi connectivity index (χ0v) is 15.8. The first-order chi connectivity index (χ1) is 13.5. The molecule has 0 aliphatic carbocycles. The summed E-state index contributed by atoms with van der Waals surface area (Å²) in [6, 6.07) is 11.8. The van der Waals surface area contributed by atoms with E-state index in [1.165, 1.54) is 35.2 Å². The third-order valence-corrected chi connectivity index (χ3v) is 5.18. The minimum absolute atomic E-state index is 0.00704. The summed E-state index contributed by atoms with van der Waals surface area (Å²) in [5, 5.41) is 2.92. The molecule has 0 spiro atoms. The van der Waals surface area contributed by atoms with Gasteiger partial charge in [-0.25, -0.2) is 8.78 Å². The number of rotatable bonds is 6. The van der Waals surface area contributed by atoms with Crippen LogP contribution in [0.4, 0.5) is 8.78 Å². The van der Waals surface area contributed by atoms with Crippen molar-refractivity contribution in [3.63, 3.8) is 0 Å². The lowest BCUT2D eigenvalue weighted by atomic mass is 9.88. The molecule has 1 saturated heterocycles. The van der Waals surface area contributed by atoms with Crippen molar-refractivity contribution in [2.75, 3.05) is 19.6 Å². The van der Waals surface area contributed by atoms with Crippen molar-refractivity contribution in [2.24, 2.45) is 5.92 Å². The highest BCUT2D eigenvalue weighted by Gasteiger charge is 2.40. The van der Waals surface area contributed by atoms with Gasteiger partial charge in [-0.15, -0.1) is 0 Å². The third-order valence-electron chi connectivity index (χ3n) is 5.18. The molecule has 0 bridgehead atoms. The van der Waals surface area contributed by atoms with Crippen molar-refractivity contribution in [1.29, 1.82) is 0 Å². The Morgan fingerprint density at radius 1 is 1.07 bits per heavy atom. The fourth-order valence-electron chi connectivity index (χ4n) is 3.61. The maximum Gasteiger partial charge on any atom is 0.256 e. The summed E-state index contributed by atoms with van der Waals surface area (Å²) >= 11 is 0. The normalized spacial score (nSPS) is 18.9. The molecule has 0 unspecified atom stereocenters. The van der Waals surface area contributed by atoms with E-state index in [4.69, 9.17) is 0 Å². The van der Waals surface area contributed by atoms with Crippen LogP contribution < -0.4 is 5.32 Å². The standard InChI is InChI=1S/C22H24F2N2O2/c1-2-3-12-25-21(27)19-14-26(22(28)17-6-4-5-7-20(17)24)13-18(19)15-8-10-16(23)11-9-15/h4-11,18-19H,2-3,12-14H2,1H3,(H,25,27)/t18-,19-/m0/s1. The molecule has 1 fully saturated rings. The van der Waals surface area contributed by atoms with Crippen molar-refractivity contribution >= 4 is 11.8 Å². The van der Waals surface area contributed by atoms with E-state index in [-0.39, 0.29) is 36.3 Å². The van der Waals surface area contributed by atoms with Gasteiger partial charge in [0.15, 0.2) is 0 Å². The number of hydrogen-bond donors (Lipinski definition) is 1. The molecule has 2 amide bonds. The molecule has 0 radical (unpaired) electrons. The van der Waals surface area contributed by atoms with Crippen LogP contribution in [-0.4, -0.2) is 36.3 Å². The van der Waals surface area contributed by atoms with E-state index in [2.05, 4.69) is 5.32 Å². The summed E-state index contributed by atoms with van der Waals surface area (Å²) in [4.78, 5) is 27.1. The maximum absolute atomic E-state index is 14.1. The molecule has 2 atom stereocenters. The predicted molar refractivity (Wildman–Crippen MR) is 103 cm³/mol. The number of likely N-dealkylation sites (tertiary alicyclic amines) is 1. The van der Waals surface area contributed by atoms with E-state index in [9.17, 15) is 18.4 Å². The molecular formula is C22H24F2N2O2. The largest absolute Gasteiger partial charge is 0.356 e. The van der Waals surface area contributed by atoms with Crippen LogP contribution in [0.25, 0.3) is 0 Å². The second-order valence-electron chi connectivity index (χ2n) is 7.10. The van der Waals surface area contributed by atoms with Gasteiger partial charge in [-0.3, -0.25) is 9.59 Å². The molecular weight excluding hydrogens is 362 g/mol. The lowest BCUT2D eigenvalue weighted by Gasteiger charge is -2.18. The van der Waals surface area contributed by atoms with Gasteiger partial charge in [-0.1, -0.05) is 37.6 Å². The van der Waals surface area contributed by atoms with E-state index >= 15 is 0 Å². The molecule has 0 aromatic heterocycles. The van der Waals surface area contributed by atoms with E-state index in [1.807, 2.05) is 6.92 Å². The average molecular weight is 386 g/mol. The molecule has 0 saturated carbocycles. The highest BCUT2D eigenvalue weighted by molar-refractivity contribution is 5.95. The molecule has 1 aliphatic rings. The number of halogens is 2. The van der Waals surface area contributed by atoms with Gasteiger partial charge < -0.3 is 10.2 Å². The SMILES string of the molecule is CCCCNC(=O)[C@H]1CN(C(=O)c2ccccc2F)C[C@H]1c1ccc(F)cc1. The van der Waals surface area contributed by atoms with Crippen LogP contribution >= 0.6 is 0 Å². The van der Waals surface area contributed by atoms with Gasteiger partial charge in [0.1, 0.15) is 11.6 Å². The van der Waals surface area contributed by atoms with E-state index < -0.39 is 17.6 Å². The van der Waals surface area contributed by atoms with Crippen LogP contribution in [0.1, 0.15) is 41.6 Å². The Morgan fingerprint density at radius 2 is 1.79 bits per heavy atom. The summed E-state index contributed by atoms with van der Waals surface area (Å²) in [5.74, 6) is -2.23. The van der Waals surface area contributed by atoms with Gasteiger partial charge in [-0.05, 0) is 36.2 Å². The highest BCUT2D eigenvalue weighted by Crippen LogP contribution is 2.34. The number of amides is 2. The summed E-state index contributed by atoms with van der Waals surface area (Å²) < 4.78 is 27.4. The Balaban J connectivity index is 1.83. The Kier molecular flexibility index (Phi) is 6.39. The summed E-state index contributed by atoms with van der Waals surface area (Å²) in [5.41, 5.74) is 0.785. The second-order valence-corrected chi connectivity index (χ2v) is 7.10. The lowest BCUT2D eigenvalue weighted by molar-refractivity contribution is -0.124. The Hall–Kier alpha value is -2.76. The minimum atomic E-state index is -0.582. The highest BCUT2D eigenvalue weighted by atomic mass is 19.1. The molecule has 6 heteroatoms. The second kappa shape index (κ2) is 8.95. The monoisotopic (exact) mass is 386 g/mol. The van der Waals surface area contributed by atoms with Crippen LogP contribution in [0.5, 0.6) is 0 Å². The number of carbonyl (C=O) groups is 2. The van der Waals surface area contributed by atoms with E-state index in [0.29, 0.717) is 6.54 Å². The summed E-state index contributed by atoms with van der Waals surface area (Å²) in [7, 11) is 0. The lowest BCUT2D eigenvalue weighted by Crippen LogP contribution is -2.36. The predicted octanol–water partition coefficient (Wildman–Crippen LogP) is 3.74. The van der Waals surface area contributed by atoms with Crippen LogP contribution in [0.15, 0.2) is 48.5 Å². The van der Waals surface area contributed by atoms with Crippen molar-refractivity contribution in [1.82, 2.24) is 10.2 Å². The number of nitrogens with zero attached hydrogens (tertiary/aromatic N) is 1. The minimum Gasteiger partial charge on any atom is -0.356 e. The summed E-state index contributed by atoms with van der Waals surface area (Å²) in [6.07, 6.45) is 1.84. The van der Waals surface area contributed by atoms with Crippen LogP contribution in [-0.2, 0) is 4.79 Å². The Morgan fingerprint density at radius 3 is 2.46 bits per heavy atom. The molecule has 1 aliphatic heterocycles. The number of unbranched alkanes of at least 4 members (excludes halogenated alkanes) is 1. The quantitative estimate of drug-likeness (QED) is 0.769. The van der Waals surface area contributed by atoms with Crippen LogP contribution in [0.2, 0.25) is 0 Å². The molecule has 2 aromatic rings. The maximum atomic E-state index is 14.1. The van der Waals surface area contributed by atoms with Crippen molar-refractivity contribution in [2.45, 2.75) is 25.7 Å². The zero-order valence-electron chi connectivity index (χ0n) is 15.8. The smallest absolute Gasteiger partial charge is 0.256 e. The van der Waals surface area contributed by atoms with Gasteiger partial charge in [0.2, 0.25) is 5.91 Å². The zero-order chi connectivity index (χ0) is 20.1. The van der Waals surface area contributed by atoms with Crippen molar-refractivity contribution in [3.8, 4) is 0 Å². The van der Waals surface area contributed by atoms with Crippen LogP contribution in [0.3, 0.4) is 0 Å². The van der Waals surface area contributed by atoms with Gasteiger partial charge in [0, 0.05) is 25.6 Å². The first-order valence-electron chi connectivity index (χ1n) is 9.58. The van der Waals surface area contributed by atoms with Crippen LogP contribution in [0, 0.1) is 17.6 Å². The topological polar surface area (TPSA) is 49.4 Å². The fraction of sp³-hybridized carbons (Fsp3) is 0.364. The summed E-state index contributed by atoms with van der Waals surface area (Å²) in [6.45, 7) is 3.10. The Bertz CT molecular complexity index is 839. The molecule has 28 heavy (non-hydrogen) atoms. The first-order valence-corrected chi connectivity index (χ1v) is 9.58. The average Bonchev–Trinajstić information content (AvgIpc) is 3.14. The molecule has 4 nitrogen and oxygen atoms in total. The van der Waals surface area contributed by atoms with Gasteiger partial charge >= 0.3 is 0 Å². The number of benzene rings is 2. The van der Waals surface area contributed by atoms with E-state index in [0.717, 1.165) is 18.4 Å². The molecule has 1 heterocycles. The molecule has 148 valence electrons. The van der Waals surface area contributed by atoms with Gasteiger partial charge in [0.25, 0.3) is 5.91 Å². The van der Waals surface area contributed by atoms with Gasteiger partial charge in [-0.2, -0.15) is 0 Å². The molecule has 1 N–H and O–H groups in total. The van der Waals surface area contributed by atoms with Crippen molar-refractivity contribution in [3.05, 3.63) is 71.3 Å². The first kappa shape index (κ1) is 20.0. The van der Waals surface area contributed by atoms with Crippen molar-refractivity contribution < 1.29 is 18.4 Å². The fourth-order valence-corrected chi connectivity index (χ4v) is 3.61. The number of nitrogens with one attached hydrogen (secondary N) is 1.